The minimum absolute atomic E-state index is 0.210. The molecular formula is C20H28N2O. The molecule has 3 heteroatoms. The molecular weight excluding hydrogens is 284 g/mol. The average molecular weight is 312 g/mol. The van der Waals surface area contributed by atoms with Gasteiger partial charge in [-0.2, -0.15) is 0 Å². The Morgan fingerprint density at radius 1 is 1.04 bits per heavy atom. The molecule has 0 fully saturated rings. The second kappa shape index (κ2) is 8.00. The number of amides is 1. The van der Waals surface area contributed by atoms with Gasteiger partial charge in [0.15, 0.2) is 0 Å². The lowest BCUT2D eigenvalue weighted by atomic mass is 10.1. The van der Waals surface area contributed by atoms with E-state index >= 15 is 0 Å². The lowest BCUT2D eigenvalue weighted by Gasteiger charge is -2.28. The van der Waals surface area contributed by atoms with Gasteiger partial charge in [-0.15, -0.1) is 0 Å². The van der Waals surface area contributed by atoms with E-state index in [2.05, 4.69) is 74.9 Å². The normalized spacial score (nSPS) is 11.2. The van der Waals surface area contributed by atoms with Gasteiger partial charge in [-0.1, -0.05) is 44.2 Å². The summed E-state index contributed by atoms with van der Waals surface area (Å²) in [5.74, 6) is 0.627. The van der Waals surface area contributed by atoms with Crippen LogP contribution in [0.1, 0.15) is 45.4 Å². The molecule has 0 atom stereocenters. The predicted molar refractivity (Wildman–Crippen MR) is 95.1 cm³/mol. The molecule has 0 saturated carbocycles. The fourth-order valence-electron chi connectivity index (χ4n) is 2.73. The molecule has 0 radical (unpaired) electrons. The summed E-state index contributed by atoms with van der Waals surface area (Å²) in [6, 6.07) is 14.8. The maximum atomic E-state index is 12.5. The van der Waals surface area contributed by atoms with Gasteiger partial charge in [0.25, 0.3) is 0 Å². The molecule has 0 bridgehead atoms. The van der Waals surface area contributed by atoms with Crippen LogP contribution in [0.5, 0.6) is 0 Å². The quantitative estimate of drug-likeness (QED) is 0.747. The van der Waals surface area contributed by atoms with Crippen LogP contribution < -0.4 is 0 Å². The van der Waals surface area contributed by atoms with E-state index in [0.29, 0.717) is 18.9 Å². The van der Waals surface area contributed by atoms with Crippen LogP contribution in [0.25, 0.3) is 0 Å². The molecule has 2 rings (SSSR count). The summed E-state index contributed by atoms with van der Waals surface area (Å²) in [5, 5.41) is 0. The zero-order chi connectivity index (χ0) is 16.8. The maximum absolute atomic E-state index is 12.5. The zero-order valence-electron chi connectivity index (χ0n) is 14.7. The molecule has 23 heavy (non-hydrogen) atoms. The summed E-state index contributed by atoms with van der Waals surface area (Å²) in [5.41, 5.74) is 2.45. The van der Waals surface area contributed by atoms with Gasteiger partial charge >= 0.3 is 0 Å². The monoisotopic (exact) mass is 312 g/mol. The van der Waals surface area contributed by atoms with Crippen LogP contribution in [0, 0.1) is 5.92 Å². The van der Waals surface area contributed by atoms with Crippen molar-refractivity contribution in [1.82, 2.24) is 9.47 Å². The van der Waals surface area contributed by atoms with Crippen molar-refractivity contribution in [3.63, 3.8) is 0 Å². The van der Waals surface area contributed by atoms with Crippen LogP contribution in [0.15, 0.2) is 48.7 Å². The van der Waals surface area contributed by atoms with Gasteiger partial charge in [-0.25, -0.2) is 0 Å². The Morgan fingerprint density at radius 3 is 2.35 bits per heavy atom. The van der Waals surface area contributed by atoms with Crippen LogP contribution in [0.2, 0.25) is 0 Å². The van der Waals surface area contributed by atoms with E-state index in [4.69, 9.17) is 0 Å². The van der Waals surface area contributed by atoms with Crippen molar-refractivity contribution >= 4 is 5.91 Å². The number of carbonyl (C=O) groups excluding carboxylic acids is 1. The smallest absolute Gasteiger partial charge is 0.223 e. The summed E-state index contributed by atoms with van der Waals surface area (Å²) in [6.45, 7) is 9.87. The molecule has 0 N–H and O–H groups in total. The highest BCUT2D eigenvalue weighted by Gasteiger charge is 2.19. The van der Waals surface area contributed by atoms with Gasteiger partial charge in [0, 0.05) is 30.9 Å². The highest BCUT2D eigenvalue weighted by molar-refractivity contribution is 5.76. The van der Waals surface area contributed by atoms with Gasteiger partial charge in [0.2, 0.25) is 5.91 Å². The molecule has 0 aliphatic heterocycles. The number of nitrogens with zero attached hydrogens (tertiary/aromatic N) is 2. The van der Waals surface area contributed by atoms with Gasteiger partial charge in [-0.3, -0.25) is 4.79 Å². The zero-order valence-corrected chi connectivity index (χ0v) is 14.7. The summed E-state index contributed by atoms with van der Waals surface area (Å²) in [6.07, 6.45) is 2.70. The summed E-state index contributed by atoms with van der Waals surface area (Å²) >= 11 is 0. The minimum atomic E-state index is 0.210. The van der Waals surface area contributed by atoms with Crippen LogP contribution in [0.4, 0.5) is 0 Å². The largest absolute Gasteiger partial charge is 0.345 e. The molecule has 124 valence electrons. The van der Waals surface area contributed by atoms with Crippen molar-refractivity contribution in [2.75, 3.05) is 0 Å². The summed E-state index contributed by atoms with van der Waals surface area (Å²) < 4.78 is 2.23. The van der Waals surface area contributed by atoms with Gasteiger partial charge < -0.3 is 9.47 Å². The van der Waals surface area contributed by atoms with E-state index < -0.39 is 0 Å². The second-order valence-electron chi connectivity index (χ2n) is 6.83. The summed E-state index contributed by atoms with van der Waals surface area (Å²) in [7, 11) is 0. The maximum Gasteiger partial charge on any atom is 0.223 e. The lowest BCUT2D eigenvalue weighted by molar-refractivity contribution is -0.134. The number of hydrogen-bond acceptors (Lipinski definition) is 1. The molecule has 1 amide bonds. The molecule has 0 aliphatic carbocycles. The SMILES string of the molecule is CC(C)CC(=O)N(Cc1cccn1Cc1ccccc1)C(C)C. The third-order valence-corrected chi connectivity index (χ3v) is 3.98. The third-order valence-electron chi connectivity index (χ3n) is 3.98. The van der Waals surface area contributed by atoms with Crippen LogP contribution in [-0.2, 0) is 17.9 Å². The Labute approximate surface area is 139 Å². The molecule has 1 heterocycles. The molecule has 0 unspecified atom stereocenters. The van der Waals surface area contributed by atoms with Gasteiger partial charge in [0.1, 0.15) is 0 Å². The van der Waals surface area contributed by atoms with Crippen molar-refractivity contribution in [3.05, 3.63) is 59.9 Å². The Balaban J connectivity index is 2.12. The van der Waals surface area contributed by atoms with E-state index in [-0.39, 0.29) is 11.9 Å². The van der Waals surface area contributed by atoms with Crippen molar-refractivity contribution in [1.29, 1.82) is 0 Å². The number of aromatic nitrogens is 1. The molecule has 1 aromatic heterocycles. The molecule has 0 saturated heterocycles. The highest BCUT2D eigenvalue weighted by atomic mass is 16.2. The lowest BCUT2D eigenvalue weighted by Crippen LogP contribution is -2.37. The topological polar surface area (TPSA) is 25.2 Å². The number of benzene rings is 1. The van der Waals surface area contributed by atoms with E-state index in [0.717, 1.165) is 6.54 Å². The van der Waals surface area contributed by atoms with E-state index in [9.17, 15) is 4.79 Å². The fourth-order valence-corrected chi connectivity index (χ4v) is 2.73. The first-order valence-electron chi connectivity index (χ1n) is 8.44. The molecule has 2 aromatic rings. The Kier molecular flexibility index (Phi) is 6.03. The second-order valence-corrected chi connectivity index (χ2v) is 6.83. The van der Waals surface area contributed by atoms with Gasteiger partial charge in [0.05, 0.1) is 6.54 Å². The molecule has 1 aromatic carbocycles. The van der Waals surface area contributed by atoms with Crippen LogP contribution in [-0.4, -0.2) is 21.4 Å². The van der Waals surface area contributed by atoms with Crippen molar-refractivity contribution in [2.24, 2.45) is 5.92 Å². The number of hydrogen-bond donors (Lipinski definition) is 0. The summed E-state index contributed by atoms with van der Waals surface area (Å²) in [4.78, 5) is 14.5. The van der Waals surface area contributed by atoms with E-state index in [1.165, 1.54) is 11.3 Å². The van der Waals surface area contributed by atoms with Crippen molar-refractivity contribution in [3.8, 4) is 0 Å². The average Bonchev–Trinajstić information content (AvgIpc) is 2.91. The first kappa shape index (κ1) is 17.3. The Hall–Kier alpha value is -2.03. The number of carbonyl (C=O) groups is 1. The fraction of sp³-hybridized carbons (Fsp3) is 0.450. The van der Waals surface area contributed by atoms with Crippen molar-refractivity contribution in [2.45, 2.75) is 53.2 Å². The molecule has 3 nitrogen and oxygen atoms in total. The predicted octanol–water partition coefficient (Wildman–Crippen LogP) is 4.32. The van der Waals surface area contributed by atoms with E-state index in [1.807, 2.05) is 11.0 Å². The highest BCUT2D eigenvalue weighted by Crippen LogP contribution is 2.15. The third kappa shape index (κ3) is 4.98. The van der Waals surface area contributed by atoms with Crippen LogP contribution in [0.3, 0.4) is 0 Å². The first-order valence-corrected chi connectivity index (χ1v) is 8.44. The first-order chi connectivity index (χ1) is 11.0. The standard InChI is InChI=1S/C20H28N2O/c1-16(2)13-20(23)22(17(3)4)15-19-11-8-12-21(19)14-18-9-6-5-7-10-18/h5-12,16-17H,13-15H2,1-4H3. The minimum Gasteiger partial charge on any atom is -0.345 e. The molecule has 0 aliphatic rings. The number of rotatable bonds is 7. The molecule has 0 spiro atoms. The van der Waals surface area contributed by atoms with Crippen molar-refractivity contribution < 1.29 is 4.79 Å². The Bertz CT molecular complexity index is 614. The van der Waals surface area contributed by atoms with Crippen LogP contribution >= 0.6 is 0 Å². The van der Waals surface area contributed by atoms with E-state index in [1.54, 1.807) is 0 Å². The Morgan fingerprint density at radius 2 is 1.74 bits per heavy atom. The van der Waals surface area contributed by atoms with Gasteiger partial charge in [-0.05, 0) is 37.5 Å².